The largest absolute Gasteiger partial charge is 0.382 e. The van der Waals surface area contributed by atoms with Crippen LogP contribution in [0, 0.1) is 0 Å². The molecular formula is C16H25NO. The summed E-state index contributed by atoms with van der Waals surface area (Å²) in [6.45, 7) is 9.69. The van der Waals surface area contributed by atoms with E-state index in [0.717, 1.165) is 19.4 Å². The molecule has 0 amide bonds. The van der Waals surface area contributed by atoms with E-state index in [-0.39, 0.29) is 5.60 Å². The van der Waals surface area contributed by atoms with Crippen LogP contribution in [0.4, 0.5) is 5.69 Å². The molecule has 0 aromatic heterocycles. The Morgan fingerprint density at radius 1 is 1.28 bits per heavy atom. The van der Waals surface area contributed by atoms with Crippen molar-refractivity contribution in [1.82, 2.24) is 0 Å². The zero-order valence-electron chi connectivity index (χ0n) is 12.0. The Morgan fingerprint density at radius 2 is 1.94 bits per heavy atom. The molecule has 0 bridgehead atoms. The fourth-order valence-corrected chi connectivity index (χ4v) is 2.44. The van der Waals surface area contributed by atoms with Crippen LogP contribution in [0.1, 0.15) is 52.0 Å². The molecule has 1 saturated heterocycles. The van der Waals surface area contributed by atoms with Gasteiger partial charge >= 0.3 is 0 Å². The number of nitrogens with one attached hydrogen (secondary N) is 1. The smallest absolute Gasteiger partial charge is 0.0755 e. The van der Waals surface area contributed by atoms with Crippen molar-refractivity contribution in [3.05, 3.63) is 29.8 Å². The Labute approximate surface area is 111 Å². The minimum absolute atomic E-state index is 0.0633. The van der Waals surface area contributed by atoms with Crippen molar-refractivity contribution in [1.29, 1.82) is 0 Å². The Balaban J connectivity index is 1.84. The van der Waals surface area contributed by atoms with Crippen molar-refractivity contribution in [3.63, 3.8) is 0 Å². The molecule has 1 N–H and O–H groups in total. The fourth-order valence-electron chi connectivity index (χ4n) is 2.44. The van der Waals surface area contributed by atoms with E-state index in [0.29, 0.717) is 12.0 Å². The van der Waals surface area contributed by atoms with Gasteiger partial charge in [-0.1, -0.05) is 26.0 Å². The molecule has 1 aromatic rings. The summed E-state index contributed by atoms with van der Waals surface area (Å²) in [4.78, 5) is 0. The van der Waals surface area contributed by atoms with Gasteiger partial charge in [0, 0.05) is 12.2 Å². The second kappa shape index (κ2) is 5.31. The number of rotatable bonds is 4. The van der Waals surface area contributed by atoms with E-state index < -0.39 is 0 Å². The molecule has 2 rings (SSSR count). The van der Waals surface area contributed by atoms with Gasteiger partial charge in [-0.15, -0.1) is 0 Å². The summed E-state index contributed by atoms with van der Waals surface area (Å²) in [5.41, 5.74) is 2.64. The summed E-state index contributed by atoms with van der Waals surface area (Å²) in [6, 6.07) is 8.73. The van der Waals surface area contributed by atoms with Gasteiger partial charge in [-0.3, -0.25) is 0 Å². The van der Waals surface area contributed by atoms with Crippen LogP contribution >= 0.6 is 0 Å². The second-order valence-electron chi connectivity index (χ2n) is 6.20. The monoisotopic (exact) mass is 247 g/mol. The minimum atomic E-state index is 0.0633. The Kier molecular flexibility index (Phi) is 3.96. The van der Waals surface area contributed by atoms with Crippen LogP contribution in [0.3, 0.4) is 0 Å². The average molecular weight is 247 g/mol. The quantitative estimate of drug-likeness (QED) is 0.861. The van der Waals surface area contributed by atoms with E-state index in [2.05, 4.69) is 57.3 Å². The van der Waals surface area contributed by atoms with Crippen molar-refractivity contribution in [3.8, 4) is 0 Å². The summed E-state index contributed by atoms with van der Waals surface area (Å²) in [5.74, 6) is 0.595. The SMILES string of the molecule is CC(C)c1ccc(NCC2CCC(C)(C)O2)cc1. The van der Waals surface area contributed by atoms with Crippen LogP contribution in [0.5, 0.6) is 0 Å². The summed E-state index contributed by atoms with van der Waals surface area (Å²) in [6.07, 6.45) is 2.67. The molecule has 1 unspecified atom stereocenters. The average Bonchev–Trinajstić information content (AvgIpc) is 2.67. The lowest BCUT2D eigenvalue weighted by Gasteiger charge is -2.20. The molecule has 1 aliphatic heterocycles. The highest BCUT2D eigenvalue weighted by atomic mass is 16.5. The molecule has 1 atom stereocenters. The molecule has 18 heavy (non-hydrogen) atoms. The van der Waals surface area contributed by atoms with Gasteiger partial charge in [0.25, 0.3) is 0 Å². The van der Waals surface area contributed by atoms with Crippen LogP contribution in [0.25, 0.3) is 0 Å². The number of hydrogen-bond donors (Lipinski definition) is 1. The van der Waals surface area contributed by atoms with Crippen LogP contribution in [-0.2, 0) is 4.74 Å². The zero-order valence-corrected chi connectivity index (χ0v) is 12.0. The highest BCUT2D eigenvalue weighted by Gasteiger charge is 2.31. The Bertz CT molecular complexity index is 381. The lowest BCUT2D eigenvalue weighted by molar-refractivity contribution is -0.00910. The molecule has 2 nitrogen and oxygen atoms in total. The third-order valence-corrected chi connectivity index (χ3v) is 3.67. The first-order valence-electron chi connectivity index (χ1n) is 6.98. The van der Waals surface area contributed by atoms with E-state index in [9.17, 15) is 0 Å². The van der Waals surface area contributed by atoms with Gasteiger partial charge in [-0.05, 0) is 50.3 Å². The molecule has 2 heteroatoms. The normalized spacial score (nSPS) is 22.4. The number of hydrogen-bond acceptors (Lipinski definition) is 2. The van der Waals surface area contributed by atoms with Gasteiger partial charge < -0.3 is 10.1 Å². The molecule has 1 aromatic carbocycles. The van der Waals surface area contributed by atoms with Gasteiger partial charge in [-0.2, -0.15) is 0 Å². The number of benzene rings is 1. The molecule has 100 valence electrons. The maximum absolute atomic E-state index is 5.97. The molecule has 0 spiro atoms. The van der Waals surface area contributed by atoms with E-state index in [1.165, 1.54) is 11.3 Å². The first kappa shape index (κ1) is 13.4. The second-order valence-corrected chi connectivity index (χ2v) is 6.20. The summed E-state index contributed by atoms with van der Waals surface area (Å²) in [7, 11) is 0. The van der Waals surface area contributed by atoms with Gasteiger partial charge in [0.15, 0.2) is 0 Å². The van der Waals surface area contributed by atoms with E-state index in [1.54, 1.807) is 0 Å². The molecule has 0 saturated carbocycles. The van der Waals surface area contributed by atoms with Gasteiger partial charge in [0.1, 0.15) is 0 Å². The third kappa shape index (κ3) is 3.49. The Hall–Kier alpha value is -1.02. The van der Waals surface area contributed by atoms with Crippen LogP contribution in [0.15, 0.2) is 24.3 Å². The first-order valence-corrected chi connectivity index (χ1v) is 6.98. The molecule has 1 aliphatic rings. The predicted octanol–water partition coefficient (Wildman–Crippen LogP) is 4.18. The fraction of sp³-hybridized carbons (Fsp3) is 0.625. The molecular weight excluding hydrogens is 222 g/mol. The van der Waals surface area contributed by atoms with Crippen LogP contribution in [-0.4, -0.2) is 18.2 Å². The molecule has 1 heterocycles. The van der Waals surface area contributed by atoms with Crippen molar-refractivity contribution < 1.29 is 4.74 Å². The standard InChI is InChI=1S/C16H25NO/c1-12(2)13-5-7-14(8-6-13)17-11-15-9-10-16(3,4)18-15/h5-8,12,15,17H,9-11H2,1-4H3. The Morgan fingerprint density at radius 3 is 2.44 bits per heavy atom. The van der Waals surface area contributed by atoms with Crippen LogP contribution < -0.4 is 5.32 Å². The molecule has 0 radical (unpaired) electrons. The van der Waals surface area contributed by atoms with E-state index in [4.69, 9.17) is 4.74 Å². The van der Waals surface area contributed by atoms with E-state index in [1.807, 2.05) is 0 Å². The van der Waals surface area contributed by atoms with Gasteiger partial charge in [0.05, 0.1) is 11.7 Å². The topological polar surface area (TPSA) is 21.3 Å². The summed E-state index contributed by atoms with van der Waals surface area (Å²) in [5, 5.41) is 3.47. The third-order valence-electron chi connectivity index (χ3n) is 3.67. The van der Waals surface area contributed by atoms with Gasteiger partial charge in [0.2, 0.25) is 0 Å². The minimum Gasteiger partial charge on any atom is -0.382 e. The predicted molar refractivity (Wildman–Crippen MR) is 77.2 cm³/mol. The highest BCUT2D eigenvalue weighted by Crippen LogP contribution is 2.29. The summed E-state index contributed by atoms with van der Waals surface area (Å²) < 4.78 is 5.97. The van der Waals surface area contributed by atoms with E-state index >= 15 is 0 Å². The molecule has 0 aliphatic carbocycles. The maximum Gasteiger partial charge on any atom is 0.0755 e. The van der Waals surface area contributed by atoms with Crippen LogP contribution in [0.2, 0.25) is 0 Å². The lowest BCUT2D eigenvalue weighted by atomic mass is 10.0. The first-order chi connectivity index (χ1) is 8.46. The highest BCUT2D eigenvalue weighted by molar-refractivity contribution is 5.45. The molecule has 1 fully saturated rings. The van der Waals surface area contributed by atoms with Crippen molar-refractivity contribution in [2.45, 2.75) is 58.2 Å². The maximum atomic E-state index is 5.97. The summed E-state index contributed by atoms with van der Waals surface area (Å²) >= 11 is 0. The van der Waals surface area contributed by atoms with Gasteiger partial charge in [-0.25, -0.2) is 0 Å². The van der Waals surface area contributed by atoms with Crippen molar-refractivity contribution >= 4 is 5.69 Å². The number of ether oxygens (including phenoxy) is 1. The lowest BCUT2D eigenvalue weighted by Crippen LogP contribution is -2.24. The zero-order chi connectivity index (χ0) is 13.2. The number of anilines is 1. The van der Waals surface area contributed by atoms with Crippen molar-refractivity contribution in [2.24, 2.45) is 0 Å². The van der Waals surface area contributed by atoms with Crippen molar-refractivity contribution in [2.75, 3.05) is 11.9 Å².